The van der Waals surface area contributed by atoms with Gasteiger partial charge in [-0.1, -0.05) is 24.3 Å². The number of rotatable bonds is 5. The van der Waals surface area contributed by atoms with E-state index >= 15 is 0 Å². The number of piperidine rings is 1. The molecule has 1 saturated heterocycles. The van der Waals surface area contributed by atoms with Gasteiger partial charge in [0.2, 0.25) is 5.88 Å². The van der Waals surface area contributed by atoms with Gasteiger partial charge in [-0.3, -0.25) is 4.79 Å². The number of benzene rings is 1. The van der Waals surface area contributed by atoms with Gasteiger partial charge in [-0.2, -0.15) is 0 Å². The largest absolute Gasteiger partial charge is 0.480 e. The monoisotopic (exact) mass is 481 g/mol. The highest BCUT2D eigenvalue weighted by atomic mass is 127. The van der Waals surface area contributed by atoms with Crippen LogP contribution < -0.4 is 10.5 Å². The summed E-state index contributed by atoms with van der Waals surface area (Å²) in [5, 5.41) is 10.7. The van der Waals surface area contributed by atoms with Gasteiger partial charge in [0.25, 0.3) is 5.91 Å². The standard InChI is InChI=1S/C20H24IN3O3/c1-27-19-16(6-7-18(21)23-19)20(26)24-9-8-14(17(25)12-24)10-13-4-2-3-5-15(13)11-22/h2-7,14,17,25H,8-12,22H2,1H3/t14?,17-/m1/s1. The maximum absolute atomic E-state index is 12.9. The van der Waals surface area contributed by atoms with Crippen molar-refractivity contribution in [3.05, 3.63) is 56.8 Å². The van der Waals surface area contributed by atoms with Crippen LogP contribution in [0, 0.1) is 9.62 Å². The number of pyridine rings is 1. The second-order valence-corrected chi connectivity index (χ2v) is 7.84. The van der Waals surface area contributed by atoms with Crippen molar-refractivity contribution in [2.45, 2.75) is 25.5 Å². The van der Waals surface area contributed by atoms with E-state index in [1.807, 2.05) is 18.2 Å². The number of aliphatic hydroxyl groups is 1. The van der Waals surface area contributed by atoms with Crippen LogP contribution in [0.5, 0.6) is 5.88 Å². The van der Waals surface area contributed by atoms with Gasteiger partial charge in [-0.25, -0.2) is 4.98 Å². The molecule has 1 fully saturated rings. The highest BCUT2D eigenvalue weighted by molar-refractivity contribution is 14.1. The summed E-state index contributed by atoms with van der Waals surface area (Å²) in [6, 6.07) is 11.6. The molecule has 27 heavy (non-hydrogen) atoms. The zero-order valence-electron chi connectivity index (χ0n) is 15.3. The molecule has 144 valence electrons. The van der Waals surface area contributed by atoms with Gasteiger partial charge in [0.05, 0.1) is 13.2 Å². The van der Waals surface area contributed by atoms with E-state index in [2.05, 4.69) is 33.6 Å². The number of likely N-dealkylation sites (tertiary alicyclic amines) is 1. The Morgan fingerprint density at radius 1 is 1.33 bits per heavy atom. The fourth-order valence-corrected chi connectivity index (χ4v) is 3.95. The molecule has 1 amide bonds. The van der Waals surface area contributed by atoms with Crippen molar-refractivity contribution < 1.29 is 14.6 Å². The summed E-state index contributed by atoms with van der Waals surface area (Å²) in [5.41, 5.74) is 8.53. The molecular weight excluding hydrogens is 457 g/mol. The molecule has 2 heterocycles. The third-order valence-electron chi connectivity index (χ3n) is 5.08. The number of ether oxygens (including phenoxy) is 1. The Balaban J connectivity index is 1.69. The molecule has 3 N–H and O–H groups in total. The number of aromatic nitrogens is 1. The highest BCUT2D eigenvalue weighted by Gasteiger charge is 2.32. The van der Waals surface area contributed by atoms with E-state index in [-0.39, 0.29) is 11.8 Å². The quantitative estimate of drug-likeness (QED) is 0.505. The molecule has 0 radical (unpaired) electrons. The number of methoxy groups -OCH3 is 1. The maximum atomic E-state index is 12.9. The topological polar surface area (TPSA) is 88.7 Å². The predicted molar refractivity (Wildman–Crippen MR) is 112 cm³/mol. The van der Waals surface area contributed by atoms with Crippen LogP contribution in [0.25, 0.3) is 0 Å². The van der Waals surface area contributed by atoms with E-state index in [1.165, 1.54) is 12.7 Å². The number of β-amino-alcohol motifs (C(OH)–C–C–N with tert-alkyl or cyclic N) is 1. The van der Waals surface area contributed by atoms with E-state index in [0.717, 1.165) is 22.1 Å². The van der Waals surface area contributed by atoms with Crippen molar-refractivity contribution in [2.24, 2.45) is 11.7 Å². The van der Waals surface area contributed by atoms with Crippen molar-refractivity contribution >= 4 is 28.5 Å². The number of nitrogens with zero attached hydrogens (tertiary/aromatic N) is 2. The Bertz CT molecular complexity index is 815. The van der Waals surface area contributed by atoms with Crippen molar-refractivity contribution in [1.29, 1.82) is 0 Å². The average Bonchev–Trinajstić information content (AvgIpc) is 2.69. The summed E-state index contributed by atoms with van der Waals surface area (Å²) in [5.74, 6) is 0.273. The fraction of sp³-hybridized carbons (Fsp3) is 0.400. The van der Waals surface area contributed by atoms with E-state index < -0.39 is 6.10 Å². The number of hydrogen-bond acceptors (Lipinski definition) is 5. The summed E-state index contributed by atoms with van der Waals surface area (Å²) in [6.07, 6.45) is 0.938. The zero-order chi connectivity index (χ0) is 19.4. The van der Waals surface area contributed by atoms with Crippen LogP contribution in [0.4, 0.5) is 0 Å². The van der Waals surface area contributed by atoms with Crippen LogP contribution in [-0.4, -0.2) is 47.2 Å². The molecule has 7 heteroatoms. The number of hydrogen-bond donors (Lipinski definition) is 2. The van der Waals surface area contributed by atoms with E-state index in [1.54, 1.807) is 17.0 Å². The number of aliphatic hydroxyl groups excluding tert-OH is 1. The SMILES string of the molecule is COc1nc(I)ccc1C(=O)N1CCC(Cc2ccccc2CN)[C@H](O)C1. The minimum absolute atomic E-state index is 0.110. The van der Waals surface area contributed by atoms with E-state index in [0.29, 0.717) is 31.1 Å². The van der Waals surface area contributed by atoms with Crippen LogP contribution in [0.3, 0.4) is 0 Å². The van der Waals surface area contributed by atoms with Crippen molar-refractivity contribution in [2.75, 3.05) is 20.2 Å². The van der Waals surface area contributed by atoms with Crippen LogP contribution in [-0.2, 0) is 13.0 Å². The summed E-state index contributed by atoms with van der Waals surface area (Å²) in [4.78, 5) is 18.8. The molecule has 0 saturated carbocycles. The van der Waals surface area contributed by atoms with Gasteiger partial charge in [-0.05, 0) is 64.6 Å². The summed E-state index contributed by atoms with van der Waals surface area (Å²) >= 11 is 2.08. The smallest absolute Gasteiger partial charge is 0.259 e. The second kappa shape index (κ2) is 8.99. The molecule has 1 aliphatic rings. The molecule has 0 aliphatic carbocycles. The van der Waals surface area contributed by atoms with Crippen LogP contribution in [0.2, 0.25) is 0 Å². The summed E-state index contributed by atoms with van der Waals surface area (Å²) in [6.45, 7) is 1.40. The zero-order valence-corrected chi connectivity index (χ0v) is 17.4. The second-order valence-electron chi connectivity index (χ2n) is 6.74. The van der Waals surface area contributed by atoms with Gasteiger partial charge < -0.3 is 20.5 Å². The van der Waals surface area contributed by atoms with Gasteiger partial charge in [0.15, 0.2) is 0 Å². The molecule has 1 aromatic carbocycles. The Morgan fingerprint density at radius 2 is 2.07 bits per heavy atom. The molecule has 1 unspecified atom stereocenters. The normalized spacial score (nSPS) is 19.8. The Hall–Kier alpha value is -1.71. The van der Waals surface area contributed by atoms with Crippen molar-refractivity contribution in [3.8, 4) is 5.88 Å². The first-order valence-electron chi connectivity index (χ1n) is 8.98. The molecular formula is C20H24IN3O3. The van der Waals surface area contributed by atoms with Gasteiger partial charge in [0.1, 0.15) is 9.26 Å². The first kappa shape index (κ1) is 20.0. The summed E-state index contributed by atoms with van der Waals surface area (Å²) in [7, 11) is 1.51. The number of amides is 1. The highest BCUT2D eigenvalue weighted by Crippen LogP contribution is 2.26. The molecule has 0 spiro atoms. The molecule has 0 bridgehead atoms. The number of carbonyl (C=O) groups excluding carboxylic acids is 1. The average molecular weight is 481 g/mol. The van der Waals surface area contributed by atoms with Gasteiger partial charge >= 0.3 is 0 Å². The van der Waals surface area contributed by atoms with Crippen LogP contribution >= 0.6 is 22.6 Å². The van der Waals surface area contributed by atoms with Crippen molar-refractivity contribution in [1.82, 2.24) is 9.88 Å². The lowest BCUT2D eigenvalue weighted by Gasteiger charge is -2.36. The lowest BCUT2D eigenvalue weighted by molar-refractivity contribution is 0.0195. The Labute approximate surface area is 172 Å². The van der Waals surface area contributed by atoms with Gasteiger partial charge in [-0.15, -0.1) is 0 Å². The minimum Gasteiger partial charge on any atom is -0.480 e. The molecule has 1 aliphatic heterocycles. The van der Waals surface area contributed by atoms with Gasteiger partial charge in [0, 0.05) is 19.6 Å². The van der Waals surface area contributed by atoms with E-state index in [4.69, 9.17) is 10.5 Å². The van der Waals surface area contributed by atoms with Crippen LogP contribution in [0.15, 0.2) is 36.4 Å². The fourth-order valence-electron chi connectivity index (χ4n) is 3.55. The van der Waals surface area contributed by atoms with E-state index in [9.17, 15) is 9.90 Å². The molecule has 1 aromatic heterocycles. The third kappa shape index (κ3) is 4.59. The molecule has 2 atom stereocenters. The van der Waals surface area contributed by atoms with Crippen molar-refractivity contribution in [3.63, 3.8) is 0 Å². The van der Waals surface area contributed by atoms with Crippen LogP contribution in [0.1, 0.15) is 27.9 Å². The maximum Gasteiger partial charge on any atom is 0.259 e. The first-order valence-corrected chi connectivity index (χ1v) is 10.1. The number of carbonyl (C=O) groups is 1. The number of nitrogens with two attached hydrogens (primary N) is 1. The predicted octanol–water partition coefficient (Wildman–Crippen LogP) is 2.22. The minimum atomic E-state index is -0.573. The lowest BCUT2D eigenvalue weighted by atomic mass is 9.86. The first-order chi connectivity index (χ1) is 13.0. The molecule has 2 aromatic rings. The molecule has 3 rings (SSSR count). The Kier molecular flexibility index (Phi) is 6.67. The summed E-state index contributed by atoms with van der Waals surface area (Å²) < 4.78 is 6.02. The molecule has 6 nitrogen and oxygen atoms in total. The Morgan fingerprint density at radius 3 is 2.74 bits per heavy atom. The number of halogens is 1. The lowest BCUT2D eigenvalue weighted by Crippen LogP contribution is -2.47. The third-order valence-corrected chi connectivity index (χ3v) is 5.68.